The number of rotatable bonds is 2. The topological polar surface area (TPSA) is 29.3 Å². The highest BCUT2D eigenvalue weighted by atomic mass is 32.1. The van der Waals surface area contributed by atoms with Gasteiger partial charge in [-0.15, -0.1) is 0 Å². The molecule has 0 amide bonds. The van der Waals surface area contributed by atoms with Crippen LogP contribution in [0, 0.1) is 12.7 Å². The number of nitrogens with zero attached hydrogens (tertiary/aromatic N) is 1. The Balaban J connectivity index is 2.13. The summed E-state index contributed by atoms with van der Waals surface area (Å²) in [6.45, 7) is 2.98. The summed E-state index contributed by atoms with van der Waals surface area (Å²) >= 11 is 5.08. The van der Waals surface area contributed by atoms with Crippen LogP contribution in [0.1, 0.15) is 23.1 Å². The normalized spacial score (nSPS) is 13.9. The van der Waals surface area contributed by atoms with Crippen LogP contribution in [0.25, 0.3) is 0 Å². The Morgan fingerprint density at radius 1 is 1.19 bits per heavy atom. The van der Waals surface area contributed by atoms with Crippen molar-refractivity contribution in [3.63, 3.8) is 0 Å². The largest absolute Gasteiger partial charge is 0.389 e. The molecule has 1 aliphatic heterocycles. The van der Waals surface area contributed by atoms with Gasteiger partial charge in [-0.25, -0.2) is 4.39 Å². The maximum atomic E-state index is 13.5. The number of thiocarbonyl (C=S) groups is 1. The van der Waals surface area contributed by atoms with E-state index in [1.54, 1.807) is 6.07 Å². The van der Waals surface area contributed by atoms with Crippen molar-refractivity contribution in [1.29, 1.82) is 0 Å². The highest BCUT2D eigenvalue weighted by molar-refractivity contribution is 7.80. The van der Waals surface area contributed by atoms with Crippen molar-refractivity contribution in [1.82, 2.24) is 0 Å². The number of aryl methyl sites for hydroxylation is 2. The van der Waals surface area contributed by atoms with Gasteiger partial charge in [0.15, 0.2) is 0 Å². The first-order chi connectivity index (χ1) is 10.1. The molecule has 2 aromatic carbocycles. The smallest absolute Gasteiger partial charge is 0.124 e. The maximum Gasteiger partial charge on any atom is 0.124 e. The Labute approximate surface area is 129 Å². The Kier molecular flexibility index (Phi) is 3.64. The summed E-state index contributed by atoms with van der Waals surface area (Å²) in [5.41, 5.74) is 11.0. The molecule has 0 saturated heterocycles. The molecule has 0 unspecified atom stereocenters. The number of halogens is 1. The van der Waals surface area contributed by atoms with Gasteiger partial charge in [-0.3, -0.25) is 0 Å². The monoisotopic (exact) mass is 300 g/mol. The third kappa shape index (κ3) is 2.63. The van der Waals surface area contributed by atoms with E-state index in [4.69, 9.17) is 18.0 Å². The number of anilines is 2. The van der Waals surface area contributed by atoms with Crippen LogP contribution < -0.4 is 10.6 Å². The number of hydrogen-bond donors (Lipinski definition) is 1. The van der Waals surface area contributed by atoms with Crippen LogP contribution in [0.15, 0.2) is 36.4 Å². The summed E-state index contributed by atoms with van der Waals surface area (Å²) in [4.78, 5) is 2.41. The molecule has 0 saturated carbocycles. The Bertz CT molecular complexity index is 712. The van der Waals surface area contributed by atoms with Crippen molar-refractivity contribution in [3.8, 4) is 0 Å². The van der Waals surface area contributed by atoms with Gasteiger partial charge in [0.1, 0.15) is 10.8 Å². The van der Waals surface area contributed by atoms with Crippen molar-refractivity contribution in [2.45, 2.75) is 19.8 Å². The van der Waals surface area contributed by atoms with E-state index < -0.39 is 0 Å². The summed E-state index contributed by atoms with van der Waals surface area (Å²) in [5.74, 6) is -0.317. The zero-order valence-electron chi connectivity index (χ0n) is 11.9. The van der Waals surface area contributed by atoms with Crippen LogP contribution in [0.5, 0.6) is 0 Å². The third-order valence-corrected chi connectivity index (χ3v) is 4.09. The predicted octanol–water partition coefficient (Wildman–Crippen LogP) is 3.85. The van der Waals surface area contributed by atoms with Crippen LogP contribution in [-0.4, -0.2) is 11.5 Å². The fourth-order valence-corrected chi connectivity index (χ4v) is 3.08. The molecular formula is C17H17FN2S. The fraction of sp³-hybridized carbons (Fsp3) is 0.235. The van der Waals surface area contributed by atoms with E-state index in [1.165, 1.54) is 23.3 Å². The molecule has 108 valence electrons. The Hall–Kier alpha value is -1.94. The number of fused-ring (bicyclic) bond motifs is 1. The van der Waals surface area contributed by atoms with Gasteiger partial charge >= 0.3 is 0 Å². The van der Waals surface area contributed by atoms with Gasteiger partial charge in [0.25, 0.3) is 0 Å². The summed E-state index contributed by atoms with van der Waals surface area (Å²) in [5, 5.41) is 0. The van der Waals surface area contributed by atoms with Crippen LogP contribution >= 0.6 is 12.2 Å². The molecule has 2 N–H and O–H groups in total. The molecule has 3 rings (SSSR count). The molecule has 0 aliphatic carbocycles. The van der Waals surface area contributed by atoms with E-state index in [2.05, 4.69) is 30.0 Å². The van der Waals surface area contributed by atoms with Crippen molar-refractivity contribution >= 4 is 28.6 Å². The van der Waals surface area contributed by atoms with Crippen molar-refractivity contribution in [2.24, 2.45) is 5.73 Å². The second-order valence-corrected chi connectivity index (χ2v) is 5.85. The molecule has 1 aliphatic rings. The highest BCUT2D eigenvalue weighted by Crippen LogP contribution is 2.36. The lowest BCUT2D eigenvalue weighted by molar-refractivity contribution is 0.627. The number of nitrogens with two attached hydrogens (primary N) is 1. The Morgan fingerprint density at radius 2 is 1.95 bits per heavy atom. The summed E-state index contributed by atoms with van der Waals surface area (Å²) in [6, 6.07) is 11.1. The van der Waals surface area contributed by atoms with E-state index in [1.807, 2.05) is 0 Å². The maximum absolute atomic E-state index is 13.5. The first kappa shape index (κ1) is 14.0. The zero-order valence-corrected chi connectivity index (χ0v) is 12.7. The van der Waals surface area contributed by atoms with E-state index in [0.717, 1.165) is 30.8 Å². The van der Waals surface area contributed by atoms with Gasteiger partial charge in [0, 0.05) is 17.8 Å². The van der Waals surface area contributed by atoms with Gasteiger partial charge in [-0.05, 0) is 49.6 Å². The van der Waals surface area contributed by atoms with Gasteiger partial charge in [0.2, 0.25) is 0 Å². The Morgan fingerprint density at radius 3 is 2.71 bits per heavy atom. The fourth-order valence-electron chi connectivity index (χ4n) is 2.92. The van der Waals surface area contributed by atoms with Crippen molar-refractivity contribution in [2.75, 3.05) is 11.4 Å². The molecule has 0 fully saturated rings. The van der Waals surface area contributed by atoms with Crippen molar-refractivity contribution < 1.29 is 4.39 Å². The molecule has 0 spiro atoms. The molecule has 2 aromatic rings. The van der Waals surface area contributed by atoms with Gasteiger partial charge in [-0.2, -0.15) is 0 Å². The van der Waals surface area contributed by atoms with Gasteiger partial charge < -0.3 is 10.6 Å². The molecule has 2 nitrogen and oxygen atoms in total. The lowest BCUT2D eigenvalue weighted by Crippen LogP contribution is -2.27. The average Bonchev–Trinajstić information content (AvgIpc) is 2.46. The molecule has 0 radical (unpaired) electrons. The molecule has 0 atom stereocenters. The van der Waals surface area contributed by atoms with E-state index in [9.17, 15) is 4.39 Å². The second-order valence-electron chi connectivity index (χ2n) is 5.41. The van der Waals surface area contributed by atoms with Gasteiger partial charge in [-0.1, -0.05) is 29.9 Å². The molecule has 21 heavy (non-hydrogen) atoms. The summed E-state index contributed by atoms with van der Waals surface area (Å²) in [6.07, 6.45) is 2.13. The lowest BCUT2D eigenvalue weighted by Gasteiger charge is -2.33. The van der Waals surface area contributed by atoms with Crippen LogP contribution in [0.4, 0.5) is 15.8 Å². The SMILES string of the molecule is Cc1ccc2c(c1)CCCN2c1ccc(F)cc1C(N)=S. The minimum atomic E-state index is -0.317. The lowest BCUT2D eigenvalue weighted by atomic mass is 9.98. The van der Waals surface area contributed by atoms with Crippen LogP contribution in [-0.2, 0) is 6.42 Å². The average molecular weight is 300 g/mol. The van der Waals surface area contributed by atoms with E-state index in [-0.39, 0.29) is 10.8 Å². The van der Waals surface area contributed by atoms with Crippen LogP contribution in [0.3, 0.4) is 0 Å². The molecule has 1 heterocycles. The highest BCUT2D eigenvalue weighted by Gasteiger charge is 2.21. The van der Waals surface area contributed by atoms with E-state index in [0.29, 0.717) is 5.56 Å². The minimum absolute atomic E-state index is 0.226. The van der Waals surface area contributed by atoms with E-state index >= 15 is 0 Å². The molecule has 0 aromatic heterocycles. The first-order valence-electron chi connectivity index (χ1n) is 7.02. The van der Waals surface area contributed by atoms with Gasteiger partial charge in [0.05, 0.1) is 5.69 Å². The molecular weight excluding hydrogens is 283 g/mol. The quantitative estimate of drug-likeness (QED) is 0.854. The minimum Gasteiger partial charge on any atom is -0.389 e. The standard InChI is InChI=1S/C17H17FN2S/c1-11-4-6-15-12(9-11)3-2-8-20(15)16-7-5-13(18)10-14(16)17(19)21/h4-7,9-10H,2-3,8H2,1H3,(H2,19,21). The number of hydrogen-bond acceptors (Lipinski definition) is 2. The zero-order chi connectivity index (χ0) is 15.0. The summed E-state index contributed by atoms with van der Waals surface area (Å²) in [7, 11) is 0. The van der Waals surface area contributed by atoms with Crippen LogP contribution in [0.2, 0.25) is 0 Å². The molecule has 0 bridgehead atoms. The third-order valence-electron chi connectivity index (χ3n) is 3.87. The molecule has 4 heteroatoms. The van der Waals surface area contributed by atoms with Crippen molar-refractivity contribution in [3.05, 3.63) is 58.9 Å². The predicted molar refractivity (Wildman–Crippen MR) is 88.8 cm³/mol. The number of benzene rings is 2. The second kappa shape index (κ2) is 5.45. The first-order valence-corrected chi connectivity index (χ1v) is 7.43. The summed E-state index contributed by atoms with van der Waals surface area (Å²) < 4.78 is 13.5.